The summed E-state index contributed by atoms with van der Waals surface area (Å²) in [5.74, 6) is 2.82. The number of imidazole rings is 1. The van der Waals surface area contributed by atoms with Gasteiger partial charge in [0.25, 0.3) is 0 Å². The average Bonchev–Trinajstić information content (AvgIpc) is 3.53. The largest absolute Gasteiger partial charge is 0.391 e. The summed E-state index contributed by atoms with van der Waals surface area (Å²) in [4.78, 5) is 16.9. The molecule has 3 aromatic heterocycles. The van der Waals surface area contributed by atoms with Crippen molar-refractivity contribution >= 4 is 27.9 Å². The Morgan fingerprint density at radius 1 is 1.11 bits per heavy atom. The minimum absolute atomic E-state index is 0.0380. The maximum absolute atomic E-state index is 10.8. The lowest BCUT2D eigenvalue weighted by Crippen LogP contribution is -2.43. The van der Waals surface area contributed by atoms with Gasteiger partial charge in [-0.3, -0.25) is 0 Å². The van der Waals surface area contributed by atoms with Gasteiger partial charge in [-0.25, -0.2) is 15.0 Å². The van der Waals surface area contributed by atoms with Crippen LogP contribution in [0.2, 0.25) is 0 Å². The molecule has 37 heavy (non-hydrogen) atoms. The summed E-state index contributed by atoms with van der Waals surface area (Å²) in [6.07, 6.45) is 9.53. The molecule has 2 fully saturated rings. The van der Waals surface area contributed by atoms with Gasteiger partial charge >= 0.3 is 0 Å². The number of nitrogens with one attached hydrogen (secondary N) is 2. The van der Waals surface area contributed by atoms with E-state index in [1.54, 1.807) is 0 Å². The molecule has 4 aromatic rings. The first-order chi connectivity index (χ1) is 17.7. The molecule has 1 aromatic carbocycles. The molecule has 196 valence electrons. The summed E-state index contributed by atoms with van der Waals surface area (Å²) in [6.45, 7) is 7.70. The standard InChI is InChI=1S/C29H39N7O/c1-29(2,3)19-5-6-22-23(14-19)35-26(34-22)7-4-17-10-20(11-17)31-15-18-12-24(25(37)13-18)36-9-8-21-27(30)32-16-33-28(21)36/h5-6,8-9,14,16-18,20,24-25,31,37H,4,7,10-13,15H2,1-3H3,(H,34,35)(H2,30,32,33). The van der Waals surface area contributed by atoms with Crippen LogP contribution in [0.15, 0.2) is 36.8 Å². The van der Waals surface area contributed by atoms with Crippen molar-refractivity contribution in [2.75, 3.05) is 12.3 Å². The Morgan fingerprint density at radius 2 is 1.95 bits per heavy atom. The van der Waals surface area contributed by atoms with Crippen LogP contribution in [0.3, 0.4) is 0 Å². The van der Waals surface area contributed by atoms with Crippen LogP contribution in [0.4, 0.5) is 5.82 Å². The van der Waals surface area contributed by atoms with Gasteiger partial charge in [0, 0.05) is 18.7 Å². The van der Waals surface area contributed by atoms with E-state index < -0.39 is 0 Å². The highest BCUT2D eigenvalue weighted by Gasteiger charge is 2.36. The summed E-state index contributed by atoms with van der Waals surface area (Å²) in [5.41, 5.74) is 10.5. The zero-order chi connectivity index (χ0) is 25.7. The van der Waals surface area contributed by atoms with Gasteiger partial charge in [0.15, 0.2) is 0 Å². The van der Waals surface area contributed by atoms with E-state index in [4.69, 9.17) is 10.7 Å². The van der Waals surface area contributed by atoms with E-state index >= 15 is 0 Å². The fraction of sp³-hybridized carbons (Fsp3) is 0.552. The zero-order valence-corrected chi connectivity index (χ0v) is 22.1. The van der Waals surface area contributed by atoms with E-state index in [0.717, 1.165) is 59.6 Å². The van der Waals surface area contributed by atoms with Crippen molar-refractivity contribution in [3.05, 3.63) is 48.2 Å². The highest BCUT2D eigenvalue weighted by atomic mass is 16.3. The molecule has 0 radical (unpaired) electrons. The number of aryl methyl sites for hydroxylation is 1. The van der Waals surface area contributed by atoms with E-state index in [1.165, 1.54) is 31.2 Å². The Hall–Kier alpha value is -2.97. The average molecular weight is 502 g/mol. The summed E-state index contributed by atoms with van der Waals surface area (Å²) in [6, 6.07) is 9.17. The number of nitrogens with two attached hydrogens (primary N) is 1. The molecule has 2 aliphatic rings. The fourth-order valence-corrected chi connectivity index (χ4v) is 6.28. The number of hydrogen-bond donors (Lipinski definition) is 4. The number of aromatic amines is 1. The Morgan fingerprint density at radius 3 is 2.76 bits per heavy atom. The van der Waals surface area contributed by atoms with Crippen LogP contribution in [0.25, 0.3) is 22.1 Å². The van der Waals surface area contributed by atoms with Crippen LogP contribution < -0.4 is 11.1 Å². The number of rotatable bonds is 7. The fourth-order valence-electron chi connectivity index (χ4n) is 6.28. The molecule has 2 saturated carbocycles. The van der Waals surface area contributed by atoms with Crippen molar-refractivity contribution in [3.63, 3.8) is 0 Å². The lowest BCUT2D eigenvalue weighted by molar-refractivity contribution is 0.135. The van der Waals surface area contributed by atoms with Gasteiger partial charge < -0.3 is 25.7 Å². The predicted molar refractivity (Wildman–Crippen MR) is 147 cm³/mol. The van der Waals surface area contributed by atoms with Gasteiger partial charge in [-0.1, -0.05) is 26.8 Å². The van der Waals surface area contributed by atoms with Crippen LogP contribution in [-0.4, -0.2) is 48.3 Å². The molecule has 0 saturated heterocycles. The topological polar surface area (TPSA) is 118 Å². The van der Waals surface area contributed by atoms with Crippen LogP contribution >= 0.6 is 0 Å². The minimum Gasteiger partial charge on any atom is -0.391 e. The van der Waals surface area contributed by atoms with E-state index in [0.29, 0.717) is 17.8 Å². The second kappa shape index (κ2) is 9.40. The zero-order valence-electron chi connectivity index (χ0n) is 22.1. The Balaban J connectivity index is 0.962. The highest BCUT2D eigenvalue weighted by Crippen LogP contribution is 2.38. The third kappa shape index (κ3) is 4.84. The number of aliphatic hydroxyl groups is 1. The predicted octanol–water partition coefficient (Wildman–Crippen LogP) is 4.50. The number of H-pyrrole nitrogens is 1. The summed E-state index contributed by atoms with van der Waals surface area (Å²) in [7, 11) is 0. The van der Waals surface area contributed by atoms with Crippen LogP contribution in [0.1, 0.15) is 70.3 Å². The smallest absolute Gasteiger partial charge is 0.145 e. The molecule has 3 unspecified atom stereocenters. The Kier molecular flexibility index (Phi) is 6.19. The lowest BCUT2D eigenvalue weighted by atomic mass is 9.77. The molecule has 0 aliphatic heterocycles. The normalized spacial score (nSPS) is 26.2. The van der Waals surface area contributed by atoms with Gasteiger partial charge in [0.1, 0.15) is 23.6 Å². The number of aromatic nitrogens is 5. The first-order valence-electron chi connectivity index (χ1n) is 13.7. The molecular formula is C29H39N7O. The summed E-state index contributed by atoms with van der Waals surface area (Å²) in [5, 5.41) is 15.4. The van der Waals surface area contributed by atoms with E-state index in [-0.39, 0.29) is 17.6 Å². The highest BCUT2D eigenvalue weighted by molar-refractivity contribution is 5.86. The number of fused-ring (bicyclic) bond motifs is 2. The molecule has 0 spiro atoms. The number of hydrogen-bond acceptors (Lipinski definition) is 6. The number of nitrogens with zero attached hydrogens (tertiary/aromatic N) is 4. The number of aliphatic hydroxyl groups excluding tert-OH is 1. The Bertz CT molecular complexity index is 1390. The van der Waals surface area contributed by atoms with Gasteiger partial charge in [-0.15, -0.1) is 0 Å². The SMILES string of the molecule is CC(C)(C)c1ccc2nc(CCC3CC(NCC4CC(O)C(n5ccc6c(N)ncnc65)C4)C3)[nH]c2c1. The molecule has 8 heteroatoms. The number of benzene rings is 1. The molecule has 6 rings (SSSR count). The van der Waals surface area contributed by atoms with Crippen molar-refractivity contribution < 1.29 is 5.11 Å². The van der Waals surface area contributed by atoms with Gasteiger partial charge in [0.05, 0.1) is 28.6 Å². The first kappa shape index (κ1) is 24.4. The Labute approximate surface area is 218 Å². The van der Waals surface area contributed by atoms with Crippen molar-refractivity contribution in [1.82, 2.24) is 29.8 Å². The number of nitrogen functional groups attached to an aromatic ring is 1. The summed E-state index contributed by atoms with van der Waals surface area (Å²) < 4.78 is 2.08. The monoisotopic (exact) mass is 501 g/mol. The van der Waals surface area contributed by atoms with E-state index in [2.05, 4.69) is 63.8 Å². The lowest BCUT2D eigenvalue weighted by Gasteiger charge is -2.36. The molecule has 3 atom stereocenters. The van der Waals surface area contributed by atoms with Crippen molar-refractivity contribution in [2.24, 2.45) is 11.8 Å². The second-order valence-electron chi connectivity index (χ2n) is 12.3. The van der Waals surface area contributed by atoms with Gasteiger partial charge in [0.2, 0.25) is 0 Å². The molecule has 3 heterocycles. The maximum Gasteiger partial charge on any atom is 0.145 e. The second-order valence-corrected chi connectivity index (χ2v) is 12.3. The van der Waals surface area contributed by atoms with Crippen molar-refractivity contribution in [2.45, 2.75) is 82.9 Å². The minimum atomic E-state index is -0.365. The van der Waals surface area contributed by atoms with Crippen molar-refractivity contribution in [1.29, 1.82) is 0 Å². The third-order valence-corrected chi connectivity index (χ3v) is 8.61. The molecule has 0 amide bonds. The van der Waals surface area contributed by atoms with Gasteiger partial charge in [-0.2, -0.15) is 0 Å². The van der Waals surface area contributed by atoms with E-state index in [9.17, 15) is 5.11 Å². The molecular weight excluding hydrogens is 462 g/mol. The van der Waals surface area contributed by atoms with Crippen LogP contribution in [0, 0.1) is 11.8 Å². The molecule has 8 nitrogen and oxygen atoms in total. The maximum atomic E-state index is 10.8. The molecule has 2 aliphatic carbocycles. The van der Waals surface area contributed by atoms with Crippen LogP contribution in [0.5, 0.6) is 0 Å². The molecule has 5 N–H and O–H groups in total. The quantitative estimate of drug-likeness (QED) is 0.296. The molecule has 0 bridgehead atoms. The first-order valence-corrected chi connectivity index (χ1v) is 13.7. The summed E-state index contributed by atoms with van der Waals surface area (Å²) >= 11 is 0. The van der Waals surface area contributed by atoms with E-state index in [1.807, 2.05) is 12.3 Å². The van der Waals surface area contributed by atoms with Gasteiger partial charge in [-0.05, 0) is 79.7 Å². The van der Waals surface area contributed by atoms with Crippen molar-refractivity contribution in [3.8, 4) is 0 Å². The number of anilines is 1. The third-order valence-electron chi connectivity index (χ3n) is 8.61. The van der Waals surface area contributed by atoms with Crippen LogP contribution in [-0.2, 0) is 11.8 Å².